The highest BCUT2D eigenvalue weighted by Gasteiger charge is 2.04. The smallest absolute Gasteiger partial charge is 0.269 e. The van der Waals surface area contributed by atoms with Gasteiger partial charge in [0.15, 0.2) is 0 Å². The molecule has 6 nitrogen and oxygen atoms in total. The van der Waals surface area contributed by atoms with Crippen LogP contribution < -0.4 is 5.32 Å². The molecule has 0 fully saturated rings. The minimum atomic E-state index is -0.426. The zero-order valence-electron chi connectivity index (χ0n) is 10.1. The molecule has 0 unspecified atom stereocenters. The topological polar surface area (TPSA) is 81.0 Å². The molecule has 0 saturated carbocycles. The lowest BCUT2D eigenvalue weighted by Crippen LogP contribution is -2.03. The van der Waals surface area contributed by atoms with Gasteiger partial charge in [0.25, 0.3) is 5.69 Å². The largest absolute Gasteiger partial charge is 0.366 e. The average molecular weight is 279 g/mol. The number of nitrogens with one attached hydrogen (secondary N) is 1. The summed E-state index contributed by atoms with van der Waals surface area (Å²) in [4.78, 5) is 18.1. The number of aromatic nitrogens is 2. The Morgan fingerprint density at radius 2 is 2.00 bits per heavy atom. The summed E-state index contributed by atoms with van der Waals surface area (Å²) in [6, 6.07) is 8.10. The number of halogens is 1. The van der Waals surface area contributed by atoms with Crippen LogP contribution in [0.4, 0.5) is 11.5 Å². The molecule has 0 aliphatic heterocycles. The summed E-state index contributed by atoms with van der Waals surface area (Å²) in [6.45, 7) is 2.33. The van der Waals surface area contributed by atoms with Crippen molar-refractivity contribution in [3.63, 3.8) is 0 Å². The molecule has 0 atom stereocenters. The third-order valence-corrected chi connectivity index (χ3v) is 2.62. The van der Waals surface area contributed by atoms with Crippen LogP contribution in [0.25, 0.3) is 0 Å². The Hall–Kier alpha value is -2.21. The van der Waals surface area contributed by atoms with Gasteiger partial charge in [-0.1, -0.05) is 12.1 Å². The number of hydrogen-bond donors (Lipinski definition) is 1. The van der Waals surface area contributed by atoms with Crippen LogP contribution in [0.15, 0.2) is 30.3 Å². The van der Waals surface area contributed by atoms with Crippen molar-refractivity contribution in [3.8, 4) is 0 Å². The maximum absolute atomic E-state index is 10.5. The predicted octanol–water partition coefficient (Wildman–Crippen LogP) is 2.96. The Bertz CT molecular complexity index is 581. The van der Waals surface area contributed by atoms with Crippen molar-refractivity contribution in [2.45, 2.75) is 13.5 Å². The molecule has 2 aromatic rings. The summed E-state index contributed by atoms with van der Waals surface area (Å²) >= 11 is 5.75. The van der Waals surface area contributed by atoms with Crippen LogP contribution in [0.5, 0.6) is 0 Å². The second-order valence-electron chi connectivity index (χ2n) is 3.94. The van der Waals surface area contributed by atoms with Gasteiger partial charge >= 0.3 is 0 Å². The number of nitrogens with zero attached hydrogens (tertiary/aromatic N) is 3. The molecule has 0 spiro atoms. The summed E-state index contributed by atoms with van der Waals surface area (Å²) in [5, 5.41) is 13.8. The molecule has 7 heteroatoms. The summed E-state index contributed by atoms with van der Waals surface area (Å²) in [7, 11) is 0. The SMILES string of the molecule is Cc1cc(NCc2ccc([N+](=O)[O-])cc2)nc(Cl)n1. The van der Waals surface area contributed by atoms with E-state index in [1.165, 1.54) is 12.1 Å². The maximum atomic E-state index is 10.5. The number of benzene rings is 1. The summed E-state index contributed by atoms with van der Waals surface area (Å²) in [5.41, 5.74) is 1.76. The van der Waals surface area contributed by atoms with E-state index in [0.29, 0.717) is 12.4 Å². The molecule has 19 heavy (non-hydrogen) atoms. The van der Waals surface area contributed by atoms with Crippen LogP contribution in [-0.4, -0.2) is 14.9 Å². The van der Waals surface area contributed by atoms with Gasteiger partial charge in [-0.25, -0.2) is 9.97 Å². The number of hydrogen-bond acceptors (Lipinski definition) is 5. The zero-order chi connectivity index (χ0) is 13.8. The predicted molar refractivity (Wildman–Crippen MR) is 72.2 cm³/mol. The van der Waals surface area contributed by atoms with Crippen molar-refractivity contribution in [2.75, 3.05) is 5.32 Å². The second kappa shape index (κ2) is 5.62. The molecule has 0 radical (unpaired) electrons. The van der Waals surface area contributed by atoms with Crippen LogP contribution in [-0.2, 0) is 6.54 Å². The van der Waals surface area contributed by atoms with E-state index < -0.39 is 4.92 Å². The first-order chi connectivity index (χ1) is 9.04. The van der Waals surface area contributed by atoms with Gasteiger partial charge in [-0.2, -0.15) is 0 Å². The molecule has 2 rings (SSSR count). The molecule has 1 aromatic heterocycles. The highest BCUT2D eigenvalue weighted by atomic mass is 35.5. The molecule has 0 aliphatic carbocycles. The third-order valence-electron chi connectivity index (χ3n) is 2.45. The van der Waals surface area contributed by atoms with Crippen LogP contribution in [0.2, 0.25) is 5.28 Å². The lowest BCUT2D eigenvalue weighted by atomic mass is 10.2. The molecular formula is C12H11ClN4O2. The number of aryl methyl sites for hydroxylation is 1. The number of nitro benzene ring substituents is 1. The zero-order valence-corrected chi connectivity index (χ0v) is 10.9. The Morgan fingerprint density at radius 1 is 1.32 bits per heavy atom. The molecule has 1 heterocycles. The van der Waals surface area contributed by atoms with E-state index in [1.54, 1.807) is 18.2 Å². The number of nitro groups is 1. The highest BCUT2D eigenvalue weighted by Crippen LogP contribution is 2.14. The Labute approximate surface area is 114 Å². The van der Waals surface area contributed by atoms with Gasteiger partial charge in [0.2, 0.25) is 5.28 Å². The molecule has 0 aliphatic rings. The monoisotopic (exact) mass is 278 g/mol. The van der Waals surface area contributed by atoms with Gasteiger partial charge in [-0.05, 0) is 24.1 Å². The number of non-ortho nitro benzene ring substituents is 1. The van der Waals surface area contributed by atoms with E-state index >= 15 is 0 Å². The first-order valence-electron chi connectivity index (χ1n) is 5.53. The van der Waals surface area contributed by atoms with E-state index in [2.05, 4.69) is 15.3 Å². The van der Waals surface area contributed by atoms with Crippen molar-refractivity contribution < 1.29 is 4.92 Å². The lowest BCUT2D eigenvalue weighted by molar-refractivity contribution is -0.384. The van der Waals surface area contributed by atoms with Crippen molar-refractivity contribution in [1.82, 2.24) is 9.97 Å². The molecule has 0 amide bonds. The van der Waals surface area contributed by atoms with E-state index in [9.17, 15) is 10.1 Å². The Balaban J connectivity index is 2.03. The molecule has 0 bridgehead atoms. The van der Waals surface area contributed by atoms with Gasteiger partial charge in [0.05, 0.1) is 4.92 Å². The van der Waals surface area contributed by atoms with Crippen LogP contribution in [0, 0.1) is 17.0 Å². The van der Waals surface area contributed by atoms with Crippen molar-refractivity contribution in [1.29, 1.82) is 0 Å². The van der Waals surface area contributed by atoms with Gasteiger partial charge in [-0.3, -0.25) is 10.1 Å². The summed E-state index contributed by atoms with van der Waals surface area (Å²) in [6.07, 6.45) is 0. The first kappa shape index (κ1) is 13.2. The van der Waals surface area contributed by atoms with Crippen LogP contribution in [0.1, 0.15) is 11.3 Å². The minimum absolute atomic E-state index is 0.0738. The highest BCUT2D eigenvalue weighted by molar-refractivity contribution is 6.28. The van der Waals surface area contributed by atoms with Crippen LogP contribution in [0.3, 0.4) is 0 Å². The average Bonchev–Trinajstić information content (AvgIpc) is 2.36. The third kappa shape index (κ3) is 3.62. The summed E-state index contributed by atoms with van der Waals surface area (Å²) < 4.78 is 0. The van der Waals surface area contributed by atoms with E-state index in [4.69, 9.17) is 11.6 Å². The van der Waals surface area contributed by atoms with Gasteiger partial charge < -0.3 is 5.32 Å². The number of anilines is 1. The maximum Gasteiger partial charge on any atom is 0.269 e. The van der Waals surface area contributed by atoms with Crippen molar-refractivity contribution in [3.05, 3.63) is 57.0 Å². The number of rotatable bonds is 4. The van der Waals surface area contributed by atoms with Crippen molar-refractivity contribution in [2.24, 2.45) is 0 Å². The van der Waals surface area contributed by atoms with Gasteiger partial charge in [0, 0.05) is 30.4 Å². The molecule has 0 saturated heterocycles. The summed E-state index contributed by atoms with van der Waals surface area (Å²) in [5.74, 6) is 0.621. The molecular weight excluding hydrogens is 268 g/mol. The Kier molecular flexibility index (Phi) is 3.91. The molecule has 1 aromatic carbocycles. The van der Waals surface area contributed by atoms with Crippen molar-refractivity contribution >= 4 is 23.1 Å². The van der Waals surface area contributed by atoms with Gasteiger partial charge in [0.1, 0.15) is 5.82 Å². The molecule has 98 valence electrons. The molecule has 1 N–H and O–H groups in total. The fourth-order valence-electron chi connectivity index (χ4n) is 1.55. The second-order valence-corrected chi connectivity index (χ2v) is 4.28. The van der Waals surface area contributed by atoms with E-state index in [-0.39, 0.29) is 11.0 Å². The van der Waals surface area contributed by atoms with Gasteiger partial charge in [-0.15, -0.1) is 0 Å². The standard InChI is InChI=1S/C12H11ClN4O2/c1-8-6-11(16-12(13)15-8)14-7-9-2-4-10(5-3-9)17(18)19/h2-6H,7H2,1H3,(H,14,15,16). The fourth-order valence-corrected chi connectivity index (χ4v) is 1.78. The minimum Gasteiger partial charge on any atom is -0.366 e. The van der Waals surface area contributed by atoms with Crippen LogP contribution >= 0.6 is 11.6 Å². The Morgan fingerprint density at radius 3 is 2.58 bits per heavy atom. The fraction of sp³-hybridized carbons (Fsp3) is 0.167. The van der Waals surface area contributed by atoms with E-state index in [1.807, 2.05) is 6.92 Å². The quantitative estimate of drug-likeness (QED) is 0.528. The lowest BCUT2D eigenvalue weighted by Gasteiger charge is -2.06. The van der Waals surface area contributed by atoms with E-state index in [0.717, 1.165) is 11.3 Å². The normalized spacial score (nSPS) is 10.2. The first-order valence-corrected chi connectivity index (χ1v) is 5.91.